The largest absolute Gasteiger partial charge is 0.355 e. The first kappa shape index (κ1) is 21.6. The van der Waals surface area contributed by atoms with E-state index < -0.39 is 10.0 Å². The van der Waals surface area contributed by atoms with E-state index in [1.54, 1.807) is 29.2 Å². The number of carbonyl (C=O) groups is 2. The Kier molecular flexibility index (Phi) is 5.65. The van der Waals surface area contributed by atoms with Crippen LogP contribution in [0, 0.1) is 5.92 Å². The van der Waals surface area contributed by atoms with E-state index in [1.165, 1.54) is 0 Å². The average molecular weight is 467 g/mol. The summed E-state index contributed by atoms with van der Waals surface area (Å²) in [6, 6.07) is 14.3. The molecule has 0 saturated carbocycles. The summed E-state index contributed by atoms with van der Waals surface area (Å²) in [5.41, 5.74) is 2.12. The van der Waals surface area contributed by atoms with Crippen LogP contribution >= 0.6 is 0 Å². The van der Waals surface area contributed by atoms with Gasteiger partial charge in [0.2, 0.25) is 11.8 Å². The summed E-state index contributed by atoms with van der Waals surface area (Å²) >= 11 is 0. The lowest BCUT2D eigenvalue weighted by Crippen LogP contribution is -2.41. The molecule has 0 unspecified atom stereocenters. The van der Waals surface area contributed by atoms with Crippen LogP contribution in [0.3, 0.4) is 0 Å². The molecular formula is C24H26N4O4S. The van der Waals surface area contributed by atoms with Gasteiger partial charge in [-0.3, -0.25) is 9.59 Å². The Bertz CT molecular complexity index is 1230. The van der Waals surface area contributed by atoms with E-state index in [4.69, 9.17) is 0 Å². The third-order valence-corrected chi connectivity index (χ3v) is 7.85. The summed E-state index contributed by atoms with van der Waals surface area (Å²) < 4.78 is 28.7. The SMILES string of the molecule is O=C(Nc1cccc(N2CCCCC2=O)c1)C1CCN(C2=NS(=O)(=O)c3ccccc32)CC1. The van der Waals surface area contributed by atoms with Crippen LogP contribution in [0.5, 0.6) is 0 Å². The van der Waals surface area contributed by atoms with Gasteiger partial charge in [-0.2, -0.15) is 8.42 Å². The number of sulfonamides is 1. The van der Waals surface area contributed by atoms with Gasteiger partial charge in [0, 0.05) is 48.9 Å². The second-order valence-corrected chi connectivity index (χ2v) is 10.3. The molecule has 172 valence electrons. The highest BCUT2D eigenvalue weighted by atomic mass is 32.2. The van der Waals surface area contributed by atoms with Crippen molar-refractivity contribution in [3.8, 4) is 0 Å². The standard InChI is InChI=1S/C24H26N4O4S/c29-22-10-3-4-13-28(22)19-7-5-6-18(16-19)25-24(30)17-11-14-27(15-12-17)23-20-8-1-2-9-21(20)33(31,32)26-23/h1-2,5-9,16-17H,3-4,10-15H2,(H,25,30). The number of rotatable bonds is 3. The third kappa shape index (κ3) is 4.25. The van der Waals surface area contributed by atoms with Gasteiger partial charge in [-0.15, -0.1) is 4.40 Å². The molecule has 2 fully saturated rings. The van der Waals surface area contributed by atoms with Crippen molar-refractivity contribution < 1.29 is 18.0 Å². The van der Waals surface area contributed by atoms with Crippen molar-refractivity contribution in [1.82, 2.24) is 4.90 Å². The number of hydrogen-bond acceptors (Lipinski definition) is 5. The molecule has 3 aliphatic heterocycles. The summed E-state index contributed by atoms with van der Waals surface area (Å²) in [6.07, 6.45) is 3.69. The van der Waals surface area contributed by atoms with Crippen LogP contribution in [-0.4, -0.2) is 50.6 Å². The lowest BCUT2D eigenvalue weighted by molar-refractivity contribution is -0.121. The van der Waals surface area contributed by atoms with Gasteiger partial charge in [-0.1, -0.05) is 18.2 Å². The highest BCUT2D eigenvalue weighted by molar-refractivity contribution is 7.90. The highest BCUT2D eigenvalue weighted by Gasteiger charge is 2.34. The number of anilines is 2. The maximum Gasteiger partial charge on any atom is 0.285 e. The fraction of sp³-hybridized carbons (Fsp3) is 0.375. The molecule has 33 heavy (non-hydrogen) atoms. The zero-order chi connectivity index (χ0) is 23.0. The summed E-state index contributed by atoms with van der Waals surface area (Å²) in [6.45, 7) is 1.82. The number of nitrogens with zero attached hydrogens (tertiary/aromatic N) is 3. The normalized spacial score (nSPS) is 20.4. The molecule has 0 bridgehead atoms. The number of amidine groups is 1. The average Bonchev–Trinajstić information content (AvgIpc) is 3.11. The van der Waals surface area contributed by atoms with Crippen molar-refractivity contribution in [2.24, 2.45) is 10.3 Å². The zero-order valence-electron chi connectivity index (χ0n) is 18.2. The summed E-state index contributed by atoms with van der Waals surface area (Å²) in [5.74, 6) is 0.368. The maximum atomic E-state index is 12.9. The Labute approximate surface area is 193 Å². The van der Waals surface area contributed by atoms with Crippen LogP contribution in [0.2, 0.25) is 0 Å². The number of carbonyl (C=O) groups excluding carboxylic acids is 2. The van der Waals surface area contributed by atoms with Gasteiger partial charge in [-0.05, 0) is 56.0 Å². The van der Waals surface area contributed by atoms with E-state index in [-0.39, 0.29) is 22.6 Å². The highest BCUT2D eigenvalue weighted by Crippen LogP contribution is 2.30. The quantitative estimate of drug-likeness (QED) is 0.750. The number of hydrogen-bond donors (Lipinski definition) is 1. The molecule has 5 rings (SSSR count). The van der Waals surface area contributed by atoms with E-state index in [0.29, 0.717) is 56.0 Å². The van der Waals surface area contributed by atoms with Crippen LogP contribution in [0.1, 0.15) is 37.7 Å². The predicted octanol–water partition coefficient (Wildman–Crippen LogP) is 3.00. The summed E-state index contributed by atoms with van der Waals surface area (Å²) in [4.78, 5) is 29.1. The smallest absolute Gasteiger partial charge is 0.285 e. The molecule has 8 nitrogen and oxygen atoms in total. The van der Waals surface area contributed by atoms with Gasteiger partial charge in [0.05, 0.1) is 0 Å². The minimum atomic E-state index is -3.65. The van der Waals surface area contributed by atoms with Crippen molar-refractivity contribution in [2.75, 3.05) is 29.9 Å². The molecule has 3 heterocycles. The zero-order valence-corrected chi connectivity index (χ0v) is 19.1. The van der Waals surface area contributed by atoms with Gasteiger partial charge >= 0.3 is 0 Å². The first-order valence-corrected chi connectivity index (χ1v) is 12.8. The minimum absolute atomic E-state index is 0.0573. The Hall–Kier alpha value is -3.20. The van der Waals surface area contributed by atoms with Gasteiger partial charge in [0.25, 0.3) is 10.0 Å². The second-order valence-electron chi connectivity index (χ2n) is 8.69. The molecule has 0 aliphatic carbocycles. The van der Waals surface area contributed by atoms with Crippen LogP contribution in [0.4, 0.5) is 11.4 Å². The van der Waals surface area contributed by atoms with Crippen LogP contribution in [-0.2, 0) is 19.6 Å². The van der Waals surface area contributed by atoms with Crippen molar-refractivity contribution in [3.63, 3.8) is 0 Å². The maximum absolute atomic E-state index is 12.9. The molecule has 9 heteroatoms. The number of likely N-dealkylation sites (tertiary alicyclic amines) is 1. The van der Waals surface area contributed by atoms with Crippen LogP contribution < -0.4 is 10.2 Å². The Morgan fingerprint density at radius 3 is 2.58 bits per heavy atom. The van der Waals surface area contributed by atoms with Gasteiger partial charge < -0.3 is 15.1 Å². The number of amides is 2. The Morgan fingerprint density at radius 1 is 1.00 bits per heavy atom. The van der Waals surface area contributed by atoms with E-state index in [0.717, 1.165) is 18.5 Å². The van der Waals surface area contributed by atoms with Crippen LogP contribution in [0.15, 0.2) is 57.8 Å². The van der Waals surface area contributed by atoms with Crippen molar-refractivity contribution in [2.45, 2.75) is 37.0 Å². The van der Waals surface area contributed by atoms with E-state index in [2.05, 4.69) is 9.71 Å². The third-order valence-electron chi connectivity index (χ3n) is 6.53. The Balaban J connectivity index is 1.22. The first-order valence-electron chi connectivity index (χ1n) is 11.3. The molecule has 2 aromatic rings. The van der Waals surface area contributed by atoms with Gasteiger partial charge in [0.1, 0.15) is 4.90 Å². The number of nitrogens with one attached hydrogen (secondary N) is 1. The molecule has 2 amide bonds. The second kappa shape index (κ2) is 8.62. The van der Waals surface area contributed by atoms with Gasteiger partial charge in [-0.25, -0.2) is 0 Å². The summed E-state index contributed by atoms with van der Waals surface area (Å²) in [5, 5.41) is 3.00. The molecule has 2 aromatic carbocycles. The predicted molar refractivity (Wildman–Crippen MR) is 126 cm³/mol. The van der Waals surface area contributed by atoms with Gasteiger partial charge in [0.15, 0.2) is 5.84 Å². The number of piperidine rings is 2. The van der Waals surface area contributed by atoms with Crippen LogP contribution in [0.25, 0.3) is 0 Å². The molecule has 2 saturated heterocycles. The first-order chi connectivity index (χ1) is 15.9. The summed E-state index contributed by atoms with van der Waals surface area (Å²) in [7, 11) is -3.65. The number of benzene rings is 2. The van der Waals surface area contributed by atoms with Crippen molar-refractivity contribution in [1.29, 1.82) is 0 Å². The van der Waals surface area contributed by atoms with Crippen molar-refractivity contribution in [3.05, 3.63) is 54.1 Å². The van der Waals surface area contributed by atoms with E-state index in [1.807, 2.05) is 29.2 Å². The lowest BCUT2D eigenvalue weighted by atomic mass is 9.95. The fourth-order valence-electron chi connectivity index (χ4n) is 4.74. The van der Waals surface area contributed by atoms with Crippen molar-refractivity contribution >= 4 is 39.0 Å². The molecule has 0 atom stereocenters. The number of fused-ring (bicyclic) bond motifs is 1. The van der Waals surface area contributed by atoms with E-state index >= 15 is 0 Å². The minimum Gasteiger partial charge on any atom is -0.355 e. The molecule has 0 radical (unpaired) electrons. The fourth-order valence-corrected chi connectivity index (χ4v) is 5.97. The molecule has 0 aromatic heterocycles. The molecule has 3 aliphatic rings. The topological polar surface area (TPSA) is 99.2 Å². The van der Waals surface area contributed by atoms with E-state index in [9.17, 15) is 18.0 Å². The molecular weight excluding hydrogens is 440 g/mol. The monoisotopic (exact) mass is 466 g/mol. The molecule has 0 spiro atoms. The Morgan fingerprint density at radius 2 is 1.79 bits per heavy atom. The molecule has 1 N–H and O–H groups in total. The lowest BCUT2D eigenvalue weighted by Gasteiger charge is -2.32.